The first-order valence-electron chi connectivity index (χ1n) is 5.05. The van der Waals surface area contributed by atoms with Gasteiger partial charge in [-0.2, -0.15) is 0 Å². The number of rotatable bonds is 2. The largest absolute Gasteiger partial charge is 0.478 e. The van der Waals surface area contributed by atoms with Gasteiger partial charge in [0.15, 0.2) is 23.3 Å². The van der Waals surface area contributed by atoms with E-state index in [4.69, 9.17) is 5.11 Å². The first kappa shape index (κ1) is 13.9. The monoisotopic (exact) mass is 289 g/mol. The van der Waals surface area contributed by atoms with Gasteiger partial charge >= 0.3 is 5.97 Å². The molecular weight excluding hydrogens is 285 g/mol. The van der Waals surface area contributed by atoms with E-state index in [9.17, 15) is 26.7 Å². The van der Waals surface area contributed by atoms with Gasteiger partial charge in [-0.15, -0.1) is 0 Å². The maximum absolute atomic E-state index is 13.6. The molecule has 3 nitrogen and oxygen atoms in total. The molecule has 20 heavy (non-hydrogen) atoms. The van der Waals surface area contributed by atoms with Crippen molar-refractivity contribution in [3.63, 3.8) is 0 Å². The second-order valence-electron chi connectivity index (χ2n) is 3.67. The zero-order valence-corrected chi connectivity index (χ0v) is 9.42. The fourth-order valence-electron chi connectivity index (χ4n) is 1.62. The molecule has 0 spiro atoms. The van der Waals surface area contributed by atoms with Gasteiger partial charge in [-0.3, -0.25) is 4.98 Å². The van der Waals surface area contributed by atoms with E-state index in [0.29, 0.717) is 6.20 Å². The topological polar surface area (TPSA) is 50.2 Å². The average molecular weight is 289 g/mol. The first-order chi connectivity index (χ1) is 9.36. The molecule has 0 radical (unpaired) electrons. The van der Waals surface area contributed by atoms with Crippen molar-refractivity contribution in [1.82, 2.24) is 4.98 Å². The van der Waals surface area contributed by atoms with Gasteiger partial charge in [-0.1, -0.05) is 0 Å². The van der Waals surface area contributed by atoms with Crippen LogP contribution in [-0.4, -0.2) is 16.1 Å². The summed E-state index contributed by atoms with van der Waals surface area (Å²) in [7, 11) is 0. The highest BCUT2D eigenvalue weighted by Crippen LogP contribution is 2.32. The summed E-state index contributed by atoms with van der Waals surface area (Å²) in [5.41, 5.74) is -2.66. The van der Waals surface area contributed by atoms with Crippen LogP contribution in [0.2, 0.25) is 0 Å². The van der Waals surface area contributed by atoms with Gasteiger partial charge in [0.2, 0.25) is 5.82 Å². The van der Waals surface area contributed by atoms with E-state index >= 15 is 0 Å². The van der Waals surface area contributed by atoms with Crippen LogP contribution >= 0.6 is 0 Å². The van der Waals surface area contributed by atoms with E-state index in [1.54, 1.807) is 0 Å². The van der Waals surface area contributed by atoms with E-state index in [2.05, 4.69) is 4.98 Å². The molecule has 1 aromatic heterocycles. The fraction of sp³-hybridized carbons (Fsp3) is 0. The van der Waals surface area contributed by atoms with Gasteiger partial charge in [-0.05, 0) is 6.07 Å². The van der Waals surface area contributed by atoms with Crippen molar-refractivity contribution in [2.45, 2.75) is 0 Å². The molecule has 2 rings (SSSR count). The molecule has 0 saturated heterocycles. The Bertz CT molecular complexity index is 688. The zero-order valence-electron chi connectivity index (χ0n) is 9.42. The summed E-state index contributed by atoms with van der Waals surface area (Å²) in [5.74, 6) is -12.4. The normalized spacial score (nSPS) is 10.7. The predicted molar refractivity (Wildman–Crippen MR) is 56.4 cm³/mol. The SMILES string of the molecule is O=C(O)c1ccncc1-c1c(F)c(F)c(F)c(F)c1F. The molecule has 0 fully saturated rings. The molecule has 0 bridgehead atoms. The number of benzene rings is 1. The number of hydrogen-bond acceptors (Lipinski definition) is 2. The number of carboxylic acid groups (broad SMARTS) is 1. The maximum Gasteiger partial charge on any atom is 0.336 e. The lowest BCUT2D eigenvalue weighted by Crippen LogP contribution is -2.07. The van der Waals surface area contributed by atoms with Gasteiger partial charge < -0.3 is 5.11 Å². The van der Waals surface area contributed by atoms with Crippen LogP contribution in [0.5, 0.6) is 0 Å². The third-order valence-corrected chi connectivity index (χ3v) is 2.53. The lowest BCUT2D eigenvalue weighted by atomic mass is 10.0. The standard InChI is InChI=1S/C12H4F5NO2/c13-7-6(8(14)10(16)11(17)9(7)15)5-3-18-2-1-4(5)12(19)20/h1-3H,(H,19,20). The molecule has 0 saturated carbocycles. The van der Waals surface area contributed by atoms with Gasteiger partial charge in [0.05, 0.1) is 11.1 Å². The lowest BCUT2D eigenvalue weighted by molar-refractivity contribution is 0.0697. The van der Waals surface area contributed by atoms with Crippen LogP contribution in [0.3, 0.4) is 0 Å². The summed E-state index contributed by atoms with van der Waals surface area (Å²) < 4.78 is 66.3. The number of aromatic nitrogens is 1. The second-order valence-corrected chi connectivity index (χ2v) is 3.67. The highest BCUT2D eigenvalue weighted by Gasteiger charge is 2.28. The van der Waals surface area contributed by atoms with Gasteiger partial charge in [0, 0.05) is 18.0 Å². The molecule has 0 amide bonds. The molecular formula is C12H4F5NO2. The predicted octanol–water partition coefficient (Wildman–Crippen LogP) is 3.14. The van der Waals surface area contributed by atoms with Gasteiger partial charge in [0.1, 0.15) is 0 Å². The minimum absolute atomic E-state index is 0.636. The van der Waals surface area contributed by atoms with E-state index in [-0.39, 0.29) is 0 Å². The number of aromatic carboxylic acids is 1. The lowest BCUT2D eigenvalue weighted by Gasteiger charge is -2.10. The molecule has 0 unspecified atom stereocenters. The molecule has 0 aliphatic heterocycles. The van der Waals surface area contributed by atoms with Gasteiger partial charge in [0.25, 0.3) is 0 Å². The Morgan fingerprint density at radius 1 is 0.950 bits per heavy atom. The quantitative estimate of drug-likeness (QED) is 0.525. The van der Waals surface area contributed by atoms with Crippen LogP contribution in [0.1, 0.15) is 10.4 Å². The summed E-state index contributed by atoms with van der Waals surface area (Å²) >= 11 is 0. The highest BCUT2D eigenvalue weighted by atomic mass is 19.2. The summed E-state index contributed by atoms with van der Waals surface area (Å²) in [4.78, 5) is 14.4. The maximum atomic E-state index is 13.6. The molecule has 0 atom stereocenters. The van der Waals surface area contributed by atoms with Crippen LogP contribution in [-0.2, 0) is 0 Å². The van der Waals surface area contributed by atoms with E-state index in [1.165, 1.54) is 0 Å². The smallest absolute Gasteiger partial charge is 0.336 e. The molecule has 1 heterocycles. The molecule has 8 heteroatoms. The Labute approximate surface area is 108 Å². The first-order valence-corrected chi connectivity index (χ1v) is 5.05. The summed E-state index contributed by atoms with van der Waals surface area (Å²) in [6.07, 6.45) is 1.72. The van der Waals surface area contributed by atoms with Crippen LogP contribution in [0, 0.1) is 29.1 Å². The van der Waals surface area contributed by atoms with Crippen LogP contribution in [0.15, 0.2) is 18.5 Å². The van der Waals surface area contributed by atoms with Crippen LogP contribution in [0.25, 0.3) is 11.1 Å². The number of hydrogen-bond donors (Lipinski definition) is 1. The van der Waals surface area contributed by atoms with Crippen molar-refractivity contribution < 1.29 is 31.9 Å². The highest BCUT2D eigenvalue weighted by molar-refractivity contribution is 5.95. The van der Waals surface area contributed by atoms with Gasteiger partial charge in [-0.25, -0.2) is 26.7 Å². The Balaban J connectivity index is 2.88. The molecule has 1 N–H and O–H groups in total. The summed E-state index contributed by atoms with van der Waals surface area (Å²) in [6.45, 7) is 0. The third-order valence-electron chi connectivity index (χ3n) is 2.53. The Morgan fingerprint density at radius 2 is 1.45 bits per heavy atom. The molecule has 1 aromatic carbocycles. The second kappa shape index (κ2) is 4.87. The van der Waals surface area contributed by atoms with Crippen molar-refractivity contribution in [2.75, 3.05) is 0 Å². The Hall–Kier alpha value is -2.51. The molecule has 0 aliphatic rings. The molecule has 0 aliphatic carbocycles. The van der Waals surface area contributed by atoms with E-state index in [1.807, 2.05) is 0 Å². The number of nitrogens with zero attached hydrogens (tertiary/aromatic N) is 1. The minimum Gasteiger partial charge on any atom is -0.478 e. The zero-order chi connectivity index (χ0) is 15.0. The number of pyridine rings is 1. The fourth-order valence-corrected chi connectivity index (χ4v) is 1.62. The van der Waals surface area contributed by atoms with Crippen LogP contribution < -0.4 is 0 Å². The van der Waals surface area contributed by atoms with Crippen molar-refractivity contribution in [3.05, 3.63) is 53.1 Å². The van der Waals surface area contributed by atoms with E-state index < -0.39 is 51.7 Å². The average Bonchev–Trinajstić information content (AvgIpc) is 2.43. The van der Waals surface area contributed by atoms with Crippen molar-refractivity contribution in [2.24, 2.45) is 0 Å². The number of halogens is 5. The Kier molecular flexibility index (Phi) is 3.39. The van der Waals surface area contributed by atoms with Crippen molar-refractivity contribution in [3.8, 4) is 11.1 Å². The third kappa shape index (κ3) is 1.98. The van der Waals surface area contributed by atoms with Crippen molar-refractivity contribution >= 4 is 5.97 Å². The minimum atomic E-state index is -2.32. The summed E-state index contributed by atoms with van der Waals surface area (Å²) in [6, 6.07) is 0.885. The van der Waals surface area contributed by atoms with Crippen LogP contribution in [0.4, 0.5) is 22.0 Å². The molecule has 104 valence electrons. The Morgan fingerprint density at radius 3 is 1.95 bits per heavy atom. The number of carbonyl (C=O) groups is 1. The summed E-state index contributed by atoms with van der Waals surface area (Å²) in [5, 5.41) is 8.87. The molecule has 2 aromatic rings. The number of carboxylic acids is 1. The van der Waals surface area contributed by atoms with Crippen molar-refractivity contribution in [1.29, 1.82) is 0 Å². The van der Waals surface area contributed by atoms with E-state index in [0.717, 1.165) is 12.3 Å².